The van der Waals surface area contributed by atoms with Gasteiger partial charge in [0.2, 0.25) is 5.28 Å². The molecule has 0 saturated heterocycles. The van der Waals surface area contributed by atoms with E-state index >= 15 is 0 Å². The monoisotopic (exact) mass is 252 g/mol. The molecule has 0 aromatic carbocycles. The first-order valence-corrected chi connectivity index (χ1v) is 5.20. The molecule has 17 heavy (non-hydrogen) atoms. The van der Waals surface area contributed by atoms with E-state index in [4.69, 9.17) is 11.6 Å². The molecule has 2 rings (SSSR count). The number of aromatic nitrogens is 3. The standard InChI is InChI=1S/C10H9ClN4O2/c1-5-3-12-6(2)8(5)9-7(15(16)17)4-13-10(11)14-9/h3-4,12H,1-2H3. The quantitative estimate of drug-likeness (QED) is 0.506. The van der Waals surface area contributed by atoms with E-state index < -0.39 is 4.92 Å². The van der Waals surface area contributed by atoms with Gasteiger partial charge in [-0.15, -0.1) is 0 Å². The van der Waals surface area contributed by atoms with E-state index in [-0.39, 0.29) is 16.7 Å². The Bertz CT molecular complexity index is 574. The van der Waals surface area contributed by atoms with Crippen LogP contribution in [0.25, 0.3) is 11.3 Å². The van der Waals surface area contributed by atoms with E-state index in [0.29, 0.717) is 5.56 Å². The number of nitrogens with one attached hydrogen (secondary N) is 1. The number of H-pyrrole nitrogens is 1. The molecule has 2 aromatic heterocycles. The predicted molar refractivity (Wildman–Crippen MR) is 63.0 cm³/mol. The lowest BCUT2D eigenvalue weighted by atomic mass is 10.1. The molecular formula is C10H9ClN4O2. The Morgan fingerprint density at radius 2 is 2.18 bits per heavy atom. The van der Waals surface area contributed by atoms with E-state index in [9.17, 15) is 10.1 Å². The van der Waals surface area contributed by atoms with Gasteiger partial charge in [0.15, 0.2) is 5.69 Å². The number of halogens is 1. The number of rotatable bonds is 2. The molecule has 0 unspecified atom stereocenters. The summed E-state index contributed by atoms with van der Waals surface area (Å²) in [6.45, 7) is 3.67. The van der Waals surface area contributed by atoms with Crippen LogP contribution in [-0.4, -0.2) is 19.9 Å². The maximum absolute atomic E-state index is 10.9. The number of aromatic amines is 1. The van der Waals surface area contributed by atoms with Gasteiger partial charge in [0.25, 0.3) is 0 Å². The van der Waals surface area contributed by atoms with E-state index in [1.165, 1.54) is 0 Å². The van der Waals surface area contributed by atoms with Crippen LogP contribution in [0, 0.1) is 24.0 Å². The zero-order chi connectivity index (χ0) is 12.6. The highest BCUT2D eigenvalue weighted by Gasteiger charge is 2.22. The Labute approximate surface area is 102 Å². The lowest BCUT2D eigenvalue weighted by molar-refractivity contribution is -0.384. The van der Waals surface area contributed by atoms with Gasteiger partial charge < -0.3 is 4.98 Å². The third-order valence-electron chi connectivity index (χ3n) is 2.45. The van der Waals surface area contributed by atoms with Crippen LogP contribution in [0.5, 0.6) is 0 Å². The number of nitro groups is 1. The topological polar surface area (TPSA) is 84.7 Å². The highest BCUT2D eigenvalue weighted by atomic mass is 35.5. The molecule has 88 valence electrons. The van der Waals surface area contributed by atoms with Crippen LogP contribution in [0.2, 0.25) is 5.28 Å². The highest BCUT2D eigenvalue weighted by Crippen LogP contribution is 2.32. The maximum Gasteiger partial charge on any atom is 0.313 e. The zero-order valence-corrected chi connectivity index (χ0v) is 9.95. The Kier molecular flexibility index (Phi) is 2.81. The van der Waals surface area contributed by atoms with Crippen LogP contribution in [0.1, 0.15) is 11.3 Å². The van der Waals surface area contributed by atoms with Crippen molar-refractivity contribution in [1.82, 2.24) is 15.0 Å². The van der Waals surface area contributed by atoms with Gasteiger partial charge >= 0.3 is 5.69 Å². The molecule has 0 aliphatic heterocycles. The molecule has 0 amide bonds. The van der Waals surface area contributed by atoms with Crippen molar-refractivity contribution < 1.29 is 4.92 Å². The molecular weight excluding hydrogens is 244 g/mol. The fourth-order valence-electron chi connectivity index (χ4n) is 1.69. The maximum atomic E-state index is 10.9. The van der Waals surface area contributed by atoms with Crippen molar-refractivity contribution in [3.8, 4) is 11.3 Å². The highest BCUT2D eigenvalue weighted by molar-refractivity contribution is 6.28. The van der Waals surface area contributed by atoms with Gasteiger partial charge in [-0.1, -0.05) is 0 Å². The summed E-state index contributed by atoms with van der Waals surface area (Å²) >= 11 is 5.69. The minimum Gasteiger partial charge on any atom is -0.364 e. The molecule has 0 radical (unpaired) electrons. The van der Waals surface area contributed by atoms with Crippen LogP contribution >= 0.6 is 11.6 Å². The average Bonchev–Trinajstić information content (AvgIpc) is 2.58. The number of hydrogen-bond acceptors (Lipinski definition) is 4. The minimum atomic E-state index is -0.516. The number of hydrogen-bond donors (Lipinski definition) is 1. The minimum absolute atomic E-state index is 0.00870. The average molecular weight is 253 g/mol. The lowest BCUT2D eigenvalue weighted by Crippen LogP contribution is -1.98. The van der Waals surface area contributed by atoms with Crippen molar-refractivity contribution in [1.29, 1.82) is 0 Å². The molecule has 0 aliphatic carbocycles. The van der Waals surface area contributed by atoms with Gasteiger partial charge in [-0.2, -0.15) is 0 Å². The smallest absolute Gasteiger partial charge is 0.313 e. The van der Waals surface area contributed by atoms with Crippen molar-refractivity contribution in [2.75, 3.05) is 0 Å². The molecule has 0 spiro atoms. The van der Waals surface area contributed by atoms with Crippen LogP contribution < -0.4 is 0 Å². The summed E-state index contributed by atoms with van der Waals surface area (Å²) in [4.78, 5) is 21.0. The van der Waals surface area contributed by atoms with Gasteiger partial charge in [0.05, 0.1) is 4.92 Å². The van der Waals surface area contributed by atoms with Gasteiger partial charge in [0, 0.05) is 17.5 Å². The molecule has 0 bridgehead atoms. The fraction of sp³-hybridized carbons (Fsp3) is 0.200. The predicted octanol–water partition coefficient (Wildman–Crippen LogP) is 2.65. The summed E-state index contributed by atoms with van der Waals surface area (Å²) in [5, 5.41) is 10.9. The summed E-state index contributed by atoms with van der Waals surface area (Å²) in [5.41, 5.74) is 2.47. The SMILES string of the molecule is Cc1c[nH]c(C)c1-c1nc(Cl)ncc1[N+](=O)[O-]. The van der Waals surface area contributed by atoms with Gasteiger partial charge in [-0.05, 0) is 31.0 Å². The molecule has 6 nitrogen and oxygen atoms in total. The Balaban J connectivity index is 2.74. The fourth-order valence-corrected chi connectivity index (χ4v) is 1.83. The first kappa shape index (κ1) is 11.5. The van der Waals surface area contributed by atoms with Gasteiger partial charge in [-0.25, -0.2) is 9.97 Å². The summed E-state index contributed by atoms with van der Waals surface area (Å²) in [5.74, 6) is 0. The van der Waals surface area contributed by atoms with Crippen molar-refractivity contribution in [3.05, 3.63) is 39.0 Å². The lowest BCUT2D eigenvalue weighted by Gasteiger charge is -2.03. The Morgan fingerprint density at radius 3 is 2.71 bits per heavy atom. The summed E-state index contributed by atoms with van der Waals surface area (Å²) < 4.78 is 0. The van der Waals surface area contributed by atoms with Crippen molar-refractivity contribution in [2.45, 2.75) is 13.8 Å². The molecule has 1 N–H and O–H groups in total. The second kappa shape index (κ2) is 4.14. The molecule has 7 heteroatoms. The third kappa shape index (κ3) is 1.99. The Hall–Kier alpha value is -1.95. The number of aryl methyl sites for hydroxylation is 2. The van der Waals surface area contributed by atoms with Crippen molar-refractivity contribution in [3.63, 3.8) is 0 Å². The molecule has 0 fully saturated rings. The molecule has 0 saturated carbocycles. The second-order valence-corrected chi connectivity index (χ2v) is 3.94. The van der Waals surface area contributed by atoms with Crippen LogP contribution in [-0.2, 0) is 0 Å². The number of nitrogens with zero attached hydrogens (tertiary/aromatic N) is 3. The largest absolute Gasteiger partial charge is 0.364 e. The van der Waals surface area contributed by atoms with E-state index in [0.717, 1.165) is 17.5 Å². The van der Waals surface area contributed by atoms with E-state index in [2.05, 4.69) is 15.0 Å². The molecule has 2 aromatic rings. The third-order valence-corrected chi connectivity index (χ3v) is 2.63. The first-order chi connectivity index (χ1) is 8.00. The zero-order valence-electron chi connectivity index (χ0n) is 9.19. The van der Waals surface area contributed by atoms with Crippen LogP contribution in [0.3, 0.4) is 0 Å². The van der Waals surface area contributed by atoms with E-state index in [1.807, 2.05) is 13.8 Å². The van der Waals surface area contributed by atoms with E-state index in [1.54, 1.807) is 6.20 Å². The van der Waals surface area contributed by atoms with Crippen molar-refractivity contribution in [2.24, 2.45) is 0 Å². The summed E-state index contributed by atoms with van der Waals surface area (Å²) in [6, 6.07) is 0. The van der Waals surface area contributed by atoms with Gasteiger partial charge in [0.1, 0.15) is 6.20 Å². The van der Waals surface area contributed by atoms with Gasteiger partial charge in [-0.3, -0.25) is 10.1 Å². The van der Waals surface area contributed by atoms with Crippen LogP contribution in [0.15, 0.2) is 12.4 Å². The molecule has 0 aliphatic rings. The molecule has 2 heterocycles. The Morgan fingerprint density at radius 1 is 1.47 bits per heavy atom. The first-order valence-electron chi connectivity index (χ1n) is 4.82. The van der Waals surface area contributed by atoms with Crippen molar-refractivity contribution >= 4 is 17.3 Å². The summed E-state index contributed by atoms with van der Waals surface area (Å²) in [6.07, 6.45) is 2.89. The second-order valence-electron chi connectivity index (χ2n) is 3.60. The summed E-state index contributed by atoms with van der Waals surface area (Å²) in [7, 11) is 0. The van der Waals surface area contributed by atoms with Crippen LogP contribution in [0.4, 0.5) is 5.69 Å². The normalized spacial score (nSPS) is 10.5. The molecule has 0 atom stereocenters.